The third kappa shape index (κ3) is 7.96. The second-order valence-corrected chi connectivity index (χ2v) is 12.8. The van der Waals surface area contributed by atoms with E-state index in [9.17, 15) is 22.4 Å². The molecule has 0 heterocycles. The second-order valence-electron chi connectivity index (χ2n) is 10.1. The van der Waals surface area contributed by atoms with Crippen LogP contribution < -0.4 is 9.62 Å². The van der Waals surface area contributed by atoms with Crippen molar-refractivity contribution in [2.24, 2.45) is 0 Å². The van der Waals surface area contributed by atoms with Crippen LogP contribution >= 0.6 is 23.2 Å². The SMILES string of the molecule is CCNC(=O)[C@H](Cc1ccccc1)N(Cc1ccc(F)cc1)C(=O)CN(c1cccc(Cl)c1Cl)S(=O)(=O)c1ccc(C)cc1. The quantitative estimate of drug-likeness (QED) is 0.191. The Bertz CT molecular complexity index is 1700. The largest absolute Gasteiger partial charge is 0.355 e. The number of likely N-dealkylation sites (N-methyl/N-ethyl adjacent to an activating group) is 1. The lowest BCUT2D eigenvalue weighted by molar-refractivity contribution is -0.140. The molecule has 7 nitrogen and oxygen atoms in total. The zero-order chi connectivity index (χ0) is 31.9. The lowest BCUT2D eigenvalue weighted by Crippen LogP contribution is -2.53. The van der Waals surface area contributed by atoms with Crippen LogP contribution in [0.4, 0.5) is 10.1 Å². The smallest absolute Gasteiger partial charge is 0.264 e. The molecule has 230 valence electrons. The van der Waals surface area contributed by atoms with Crippen molar-refractivity contribution in [1.29, 1.82) is 0 Å². The molecule has 0 saturated carbocycles. The number of aryl methyl sites for hydroxylation is 1. The number of benzene rings is 4. The Morgan fingerprint density at radius 1 is 0.864 bits per heavy atom. The first-order valence-electron chi connectivity index (χ1n) is 13.9. The summed E-state index contributed by atoms with van der Waals surface area (Å²) in [5.74, 6) is -1.55. The molecule has 0 aliphatic carbocycles. The van der Waals surface area contributed by atoms with Gasteiger partial charge in [0.15, 0.2) is 0 Å². The van der Waals surface area contributed by atoms with Gasteiger partial charge in [0.05, 0.1) is 20.6 Å². The van der Waals surface area contributed by atoms with Crippen LogP contribution in [-0.2, 0) is 32.6 Å². The maximum atomic E-state index is 14.4. The molecular weight excluding hydrogens is 624 g/mol. The molecule has 4 aromatic carbocycles. The molecule has 4 rings (SSSR count). The van der Waals surface area contributed by atoms with Crippen molar-refractivity contribution < 1.29 is 22.4 Å². The van der Waals surface area contributed by atoms with E-state index in [1.165, 1.54) is 59.5 Å². The van der Waals surface area contributed by atoms with Gasteiger partial charge in [-0.05, 0) is 61.4 Å². The number of nitrogens with one attached hydrogen (secondary N) is 1. The first-order chi connectivity index (χ1) is 21.0. The van der Waals surface area contributed by atoms with Crippen molar-refractivity contribution in [3.8, 4) is 0 Å². The van der Waals surface area contributed by atoms with Crippen LogP contribution in [0.5, 0.6) is 0 Å². The van der Waals surface area contributed by atoms with Gasteiger partial charge < -0.3 is 10.2 Å². The van der Waals surface area contributed by atoms with Crippen molar-refractivity contribution >= 4 is 50.7 Å². The standard InChI is InChI=1S/C33H32Cl2FN3O4S/c1-3-37-33(41)30(20-24-8-5-4-6-9-24)38(21-25-14-16-26(36)17-15-25)31(40)22-39(29-11-7-10-28(34)32(29)35)44(42,43)27-18-12-23(2)13-19-27/h4-19,30H,3,20-22H2,1-2H3,(H,37,41)/t30-/m0/s1. The molecule has 0 saturated heterocycles. The Kier molecular flexibility index (Phi) is 11.0. The average molecular weight is 657 g/mol. The summed E-state index contributed by atoms with van der Waals surface area (Å²) in [6.45, 7) is 3.13. The monoisotopic (exact) mass is 655 g/mol. The van der Waals surface area contributed by atoms with Gasteiger partial charge in [-0.3, -0.25) is 13.9 Å². The number of anilines is 1. The molecule has 11 heteroatoms. The van der Waals surface area contributed by atoms with E-state index in [4.69, 9.17) is 23.2 Å². The fourth-order valence-electron chi connectivity index (χ4n) is 4.67. The minimum absolute atomic E-state index is 0.00689. The summed E-state index contributed by atoms with van der Waals surface area (Å²) in [7, 11) is -4.34. The lowest BCUT2D eigenvalue weighted by atomic mass is 10.0. The number of sulfonamides is 1. The summed E-state index contributed by atoms with van der Waals surface area (Å²) in [5.41, 5.74) is 2.20. The third-order valence-electron chi connectivity index (χ3n) is 6.98. The fourth-order valence-corrected chi connectivity index (χ4v) is 6.54. The molecule has 44 heavy (non-hydrogen) atoms. The molecular formula is C33H32Cl2FN3O4S. The fraction of sp³-hybridized carbons (Fsp3) is 0.212. The van der Waals surface area contributed by atoms with Crippen molar-refractivity contribution in [1.82, 2.24) is 10.2 Å². The van der Waals surface area contributed by atoms with Gasteiger partial charge in [-0.25, -0.2) is 12.8 Å². The number of hydrogen-bond acceptors (Lipinski definition) is 4. The van der Waals surface area contributed by atoms with Crippen LogP contribution in [0.1, 0.15) is 23.6 Å². The molecule has 0 bridgehead atoms. The van der Waals surface area contributed by atoms with E-state index in [1.54, 1.807) is 19.1 Å². The maximum absolute atomic E-state index is 14.4. The molecule has 0 spiro atoms. The lowest BCUT2D eigenvalue weighted by Gasteiger charge is -2.34. The molecule has 1 N–H and O–H groups in total. The highest BCUT2D eigenvalue weighted by atomic mass is 35.5. The number of rotatable bonds is 12. The van der Waals surface area contributed by atoms with Crippen LogP contribution in [0.2, 0.25) is 10.0 Å². The molecule has 4 aromatic rings. The maximum Gasteiger partial charge on any atom is 0.264 e. The van der Waals surface area contributed by atoms with E-state index in [0.29, 0.717) is 12.1 Å². The van der Waals surface area contributed by atoms with Gasteiger partial charge in [-0.1, -0.05) is 89.4 Å². The van der Waals surface area contributed by atoms with Gasteiger partial charge in [0, 0.05) is 19.5 Å². The molecule has 0 aliphatic heterocycles. The third-order valence-corrected chi connectivity index (χ3v) is 9.56. The van der Waals surface area contributed by atoms with Crippen LogP contribution in [0.15, 0.2) is 102 Å². The van der Waals surface area contributed by atoms with Gasteiger partial charge in [0.25, 0.3) is 10.0 Å². The van der Waals surface area contributed by atoms with Gasteiger partial charge in [-0.15, -0.1) is 0 Å². The zero-order valence-electron chi connectivity index (χ0n) is 24.2. The second kappa shape index (κ2) is 14.7. The molecule has 0 fully saturated rings. The summed E-state index contributed by atoms with van der Waals surface area (Å²) >= 11 is 12.8. The van der Waals surface area contributed by atoms with Crippen molar-refractivity contribution in [3.63, 3.8) is 0 Å². The summed E-state index contributed by atoms with van der Waals surface area (Å²) in [6.07, 6.45) is 0.155. The van der Waals surface area contributed by atoms with Crippen molar-refractivity contribution in [2.75, 3.05) is 17.4 Å². The molecule has 0 aromatic heterocycles. The Balaban J connectivity index is 1.82. The zero-order valence-corrected chi connectivity index (χ0v) is 26.5. The molecule has 2 amide bonds. The van der Waals surface area contributed by atoms with E-state index in [2.05, 4.69) is 5.32 Å². The van der Waals surface area contributed by atoms with E-state index >= 15 is 0 Å². The minimum atomic E-state index is -4.34. The van der Waals surface area contributed by atoms with Gasteiger partial charge in [-0.2, -0.15) is 0 Å². The van der Waals surface area contributed by atoms with Gasteiger partial charge in [0.1, 0.15) is 18.4 Å². The van der Waals surface area contributed by atoms with Crippen LogP contribution in [-0.4, -0.2) is 44.3 Å². The average Bonchev–Trinajstić information content (AvgIpc) is 3.01. The van der Waals surface area contributed by atoms with E-state index in [0.717, 1.165) is 15.4 Å². The Hall–Kier alpha value is -3.92. The Morgan fingerprint density at radius 3 is 2.16 bits per heavy atom. The molecule has 0 radical (unpaired) electrons. The van der Waals surface area contributed by atoms with Crippen molar-refractivity contribution in [2.45, 2.75) is 37.8 Å². The highest BCUT2D eigenvalue weighted by molar-refractivity contribution is 7.92. The highest BCUT2D eigenvalue weighted by Crippen LogP contribution is 2.35. The summed E-state index contributed by atoms with van der Waals surface area (Å²) in [6, 6.07) is 24.4. The first kappa shape index (κ1) is 33.0. The highest BCUT2D eigenvalue weighted by Gasteiger charge is 2.35. The van der Waals surface area contributed by atoms with Gasteiger partial charge in [0.2, 0.25) is 11.8 Å². The molecule has 0 unspecified atom stereocenters. The predicted octanol–water partition coefficient (Wildman–Crippen LogP) is 6.41. The summed E-state index contributed by atoms with van der Waals surface area (Å²) < 4.78 is 42.9. The number of amides is 2. The number of nitrogens with zero attached hydrogens (tertiary/aromatic N) is 2. The Morgan fingerprint density at radius 2 is 1.52 bits per heavy atom. The van der Waals surface area contributed by atoms with Crippen LogP contribution in [0.25, 0.3) is 0 Å². The number of carbonyl (C=O) groups is 2. The number of halogens is 3. The summed E-state index contributed by atoms with van der Waals surface area (Å²) in [5, 5.41) is 2.85. The van der Waals surface area contributed by atoms with Crippen molar-refractivity contribution in [3.05, 3.63) is 130 Å². The molecule has 1 atom stereocenters. The van der Waals surface area contributed by atoms with E-state index in [-0.39, 0.29) is 33.6 Å². The van der Waals surface area contributed by atoms with Crippen LogP contribution in [0.3, 0.4) is 0 Å². The summed E-state index contributed by atoms with van der Waals surface area (Å²) in [4.78, 5) is 29.1. The van der Waals surface area contributed by atoms with E-state index in [1.807, 2.05) is 37.3 Å². The first-order valence-corrected chi connectivity index (χ1v) is 16.1. The Labute approximate surface area is 267 Å². The number of carbonyl (C=O) groups excluding carboxylic acids is 2. The number of hydrogen-bond donors (Lipinski definition) is 1. The predicted molar refractivity (Wildman–Crippen MR) is 172 cm³/mol. The topological polar surface area (TPSA) is 86.8 Å². The van der Waals surface area contributed by atoms with Crippen LogP contribution in [0, 0.1) is 12.7 Å². The van der Waals surface area contributed by atoms with E-state index < -0.39 is 40.2 Å². The molecule has 0 aliphatic rings. The van der Waals surface area contributed by atoms with Gasteiger partial charge >= 0.3 is 0 Å². The normalized spacial score (nSPS) is 11.9. The minimum Gasteiger partial charge on any atom is -0.355 e.